The van der Waals surface area contributed by atoms with E-state index in [1.54, 1.807) is 24.3 Å². The van der Waals surface area contributed by atoms with E-state index in [2.05, 4.69) is 0 Å². The molecule has 0 amide bonds. The summed E-state index contributed by atoms with van der Waals surface area (Å²) in [5.41, 5.74) is 3.32. The van der Waals surface area contributed by atoms with Crippen LogP contribution in [0.25, 0.3) is 6.08 Å². The van der Waals surface area contributed by atoms with Gasteiger partial charge in [0.05, 0.1) is 5.56 Å². The lowest BCUT2D eigenvalue weighted by Gasteiger charge is -2.11. The number of aromatic carboxylic acids is 1. The van der Waals surface area contributed by atoms with Crippen molar-refractivity contribution in [3.8, 4) is 5.75 Å². The summed E-state index contributed by atoms with van der Waals surface area (Å²) < 4.78 is 5.97. The first-order valence-corrected chi connectivity index (χ1v) is 8.94. The van der Waals surface area contributed by atoms with E-state index in [9.17, 15) is 4.79 Å². The number of carboxylic acids is 1. The lowest BCUT2D eigenvalue weighted by atomic mass is 10.1. The third-order valence-electron chi connectivity index (χ3n) is 4.07. The van der Waals surface area contributed by atoms with Gasteiger partial charge in [0, 0.05) is 5.02 Å². The molecule has 3 aromatic rings. The molecule has 3 nitrogen and oxygen atoms in total. The molecule has 0 aliphatic rings. The van der Waals surface area contributed by atoms with Gasteiger partial charge in [0.1, 0.15) is 12.4 Å². The average molecular weight is 379 g/mol. The van der Waals surface area contributed by atoms with Crippen LogP contribution in [-0.4, -0.2) is 11.1 Å². The van der Waals surface area contributed by atoms with Gasteiger partial charge >= 0.3 is 5.97 Å². The van der Waals surface area contributed by atoms with Gasteiger partial charge in [-0.2, -0.15) is 0 Å². The SMILES string of the molecule is O=C(O)c1ccc(/C=C\Cc2cc(Cl)ccc2OCc2ccccc2)cc1. The van der Waals surface area contributed by atoms with E-state index in [1.165, 1.54) is 0 Å². The molecule has 136 valence electrons. The minimum absolute atomic E-state index is 0.276. The second-order valence-corrected chi connectivity index (χ2v) is 6.50. The molecule has 0 spiro atoms. The fourth-order valence-electron chi connectivity index (χ4n) is 2.64. The van der Waals surface area contributed by atoms with Crippen LogP contribution >= 0.6 is 11.6 Å². The van der Waals surface area contributed by atoms with Gasteiger partial charge in [-0.05, 0) is 53.4 Å². The van der Waals surface area contributed by atoms with E-state index in [-0.39, 0.29) is 5.56 Å². The normalized spacial score (nSPS) is 10.9. The summed E-state index contributed by atoms with van der Waals surface area (Å²) in [7, 11) is 0. The molecule has 0 fully saturated rings. The quantitative estimate of drug-likeness (QED) is 0.559. The van der Waals surface area contributed by atoms with E-state index in [0.717, 1.165) is 22.4 Å². The van der Waals surface area contributed by atoms with Gasteiger partial charge in [0.15, 0.2) is 0 Å². The number of carbonyl (C=O) groups is 1. The monoisotopic (exact) mass is 378 g/mol. The van der Waals surface area contributed by atoms with Crippen LogP contribution in [-0.2, 0) is 13.0 Å². The lowest BCUT2D eigenvalue weighted by molar-refractivity contribution is 0.0697. The zero-order valence-electron chi connectivity index (χ0n) is 14.6. The molecule has 0 unspecified atom stereocenters. The Kier molecular flexibility index (Phi) is 6.29. The van der Waals surface area contributed by atoms with Crippen LogP contribution in [0.5, 0.6) is 5.75 Å². The van der Waals surface area contributed by atoms with Crippen molar-refractivity contribution in [2.75, 3.05) is 0 Å². The molecule has 27 heavy (non-hydrogen) atoms. The van der Waals surface area contributed by atoms with Crippen molar-refractivity contribution in [3.05, 3.63) is 106 Å². The molecule has 3 rings (SSSR count). The molecular formula is C23H19ClO3. The molecule has 1 N–H and O–H groups in total. The second-order valence-electron chi connectivity index (χ2n) is 6.06. The summed E-state index contributed by atoms with van der Waals surface area (Å²) in [6.07, 6.45) is 4.62. The summed E-state index contributed by atoms with van der Waals surface area (Å²) in [6.45, 7) is 0.496. The maximum Gasteiger partial charge on any atom is 0.335 e. The van der Waals surface area contributed by atoms with E-state index in [1.807, 2.05) is 60.7 Å². The molecule has 0 saturated heterocycles. The van der Waals surface area contributed by atoms with Gasteiger partial charge in [-0.25, -0.2) is 4.79 Å². The average Bonchev–Trinajstić information content (AvgIpc) is 2.68. The summed E-state index contributed by atoms with van der Waals surface area (Å²) in [5.74, 6) is -0.126. The van der Waals surface area contributed by atoms with Gasteiger partial charge < -0.3 is 9.84 Å². The molecule has 0 heterocycles. The smallest absolute Gasteiger partial charge is 0.335 e. The highest BCUT2D eigenvalue weighted by Gasteiger charge is 2.05. The molecule has 3 aromatic carbocycles. The Morgan fingerprint density at radius 3 is 2.44 bits per heavy atom. The Morgan fingerprint density at radius 2 is 1.74 bits per heavy atom. The number of halogens is 1. The maximum atomic E-state index is 10.9. The summed E-state index contributed by atoms with van der Waals surface area (Å²) in [4.78, 5) is 10.9. The highest BCUT2D eigenvalue weighted by molar-refractivity contribution is 6.30. The Bertz CT molecular complexity index is 932. The van der Waals surface area contributed by atoms with Gasteiger partial charge in [0.25, 0.3) is 0 Å². The van der Waals surface area contributed by atoms with Crippen LogP contribution in [0.2, 0.25) is 5.02 Å². The lowest BCUT2D eigenvalue weighted by Crippen LogP contribution is -1.98. The molecular weight excluding hydrogens is 360 g/mol. The van der Waals surface area contributed by atoms with Crippen molar-refractivity contribution in [2.24, 2.45) is 0 Å². The predicted molar refractivity (Wildman–Crippen MR) is 108 cm³/mol. The van der Waals surface area contributed by atoms with Crippen molar-refractivity contribution in [1.82, 2.24) is 0 Å². The van der Waals surface area contributed by atoms with Crippen LogP contribution < -0.4 is 4.74 Å². The Morgan fingerprint density at radius 1 is 1.00 bits per heavy atom. The molecule has 0 atom stereocenters. The third-order valence-corrected chi connectivity index (χ3v) is 4.30. The van der Waals surface area contributed by atoms with E-state index < -0.39 is 5.97 Å². The zero-order chi connectivity index (χ0) is 19.1. The highest BCUT2D eigenvalue weighted by atomic mass is 35.5. The standard InChI is InChI=1S/C23H19ClO3/c24-21-13-14-22(27-16-18-5-2-1-3-6-18)20(15-21)8-4-7-17-9-11-19(12-10-17)23(25)26/h1-7,9-15H,8,16H2,(H,25,26)/b7-4-. The number of ether oxygens (including phenoxy) is 1. The summed E-state index contributed by atoms with van der Waals surface area (Å²) >= 11 is 6.14. The van der Waals surface area contributed by atoms with Gasteiger partial charge in [0.2, 0.25) is 0 Å². The largest absolute Gasteiger partial charge is 0.489 e. The van der Waals surface area contributed by atoms with Gasteiger partial charge in [-0.15, -0.1) is 0 Å². The predicted octanol–water partition coefficient (Wildman–Crippen LogP) is 5.87. The molecule has 0 aliphatic heterocycles. The first-order valence-electron chi connectivity index (χ1n) is 8.57. The number of hydrogen-bond acceptors (Lipinski definition) is 2. The van der Waals surface area contributed by atoms with E-state index in [4.69, 9.17) is 21.4 Å². The number of carboxylic acid groups (broad SMARTS) is 1. The second kappa shape index (κ2) is 9.06. The van der Waals surface area contributed by atoms with Crippen LogP contribution in [0.1, 0.15) is 27.0 Å². The molecule has 0 bridgehead atoms. The zero-order valence-corrected chi connectivity index (χ0v) is 15.4. The van der Waals surface area contributed by atoms with Crippen LogP contribution in [0, 0.1) is 0 Å². The fourth-order valence-corrected chi connectivity index (χ4v) is 2.84. The highest BCUT2D eigenvalue weighted by Crippen LogP contribution is 2.25. The first kappa shape index (κ1) is 18.7. The van der Waals surface area contributed by atoms with Gasteiger partial charge in [-0.1, -0.05) is 66.2 Å². The Balaban J connectivity index is 1.68. The maximum absolute atomic E-state index is 10.9. The van der Waals surface area contributed by atoms with Crippen molar-refractivity contribution in [1.29, 1.82) is 0 Å². The van der Waals surface area contributed by atoms with Crippen LogP contribution in [0.3, 0.4) is 0 Å². The van der Waals surface area contributed by atoms with E-state index >= 15 is 0 Å². The minimum atomic E-state index is -0.926. The fraction of sp³-hybridized carbons (Fsp3) is 0.0870. The summed E-state index contributed by atoms with van der Waals surface area (Å²) in [5, 5.41) is 9.61. The van der Waals surface area contributed by atoms with Crippen LogP contribution in [0.4, 0.5) is 0 Å². The number of benzene rings is 3. The first-order chi connectivity index (χ1) is 13.1. The Labute approximate surface area is 163 Å². The molecule has 0 saturated carbocycles. The number of rotatable bonds is 7. The molecule has 0 radical (unpaired) electrons. The summed E-state index contributed by atoms with van der Waals surface area (Å²) in [6, 6.07) is 22.4. The number of hydrogen-bond donors (Lipinski definition) is 1. The van der Waals surface area contributed by atoms with Crippen molar-refractivity contribution >= 4 is 23.6 Å². The third kappa shape index (κ3) is 5.47. The minimum Gasteiger partial charge on any atom is -0.489 e. The van der Waals surface area contributed by atoms with Crippen molar-refractivity contribution in [3.63, 3.8) is 0 Å². The van der Waals surface area contributed by atoms with E-state index in [0.29, 0.717) is 18.1 Å². The van der Waals surface area contributed by atoms with Crippen molar-refractivity contribution in [2.45, 2.75) is 13.0 Å². The van der Waals surface area contributed by atoms with Crippen molar-refractivity contribution < 1.29 is 14.6 Å². The molecule has 0 aliphatic carbocycles. The topological polar surface area (TPSA) is 46.5 Å². The molecule has 4 heteroatoms. The van der Waals surface area contributed by atoms with Crippen LogP contribution in [0.15, 0.2) is 78.9 Å². The van der Waals surface area contributed by atoms with Gasteiger partial charge in [-0.3, -0.25) is 0 Å². The Hall–Kier alpha value is -3.04. The number of allylic oxidation sites excluding steroid dienone is 1. The molecule has 0 aromatic heterocycles.